The number of hydrogen-bond donors (Lipinski definition) is 0. The summed E-state index contributed by atoms with van der Waals surface area (Å²) in [7, 11) is 0. The van der Waals surface area contributed by atoms with Crippen molar-refractivity contribution >= 4 is 5.91 Å². The van der Waals surface area contributed by atoms with E-state index in [2.05, 4.69) is 62.9 Å². The molecule has 1 fully saturated rings. The van der Waals surface area contributed by atoms with E-state index in [0.717, 1.165) is 32.6 Å². The van der Waals surface area contributed by atoms with E-state index in [9.17, 15) is 10.1 Å². The summed E-state index contributed by atoms with van der Waals surface area (Å²) >= 11 is 0. The first-order valence-corrected chi connectivity index (χ1v) is 9.42. The topological polar surface area (TPSA) is 47.3 Å². The number of carbonyl (C=O) groups excluding carboxylic acids is 1. The first kappa shape index (κ1) is 19.5. The highest BCUT2D eigenvalue weighted by atomic mass is 16.2. The maximum absolute atomic E-state index is 12.5. The predicted molar refractivity (Wildman–Crippen MR) is 101 cm³/mol. The number of rotatable bonds is 6. The maximum atomic E-state index is 12.5. The minimum atomic E-state index is -0.0447. The average molecular weight is 341 g/mol. The van der Waals surface area contributed by atoms with E-state index in [0.29, 0.717) is 18.3 Å². The number of piperazine rings is 1. The Bertz CT molecular complexity index is 593. The third-order valence-corrected chi connectivity index (χ3v) is 5.10. The molecular formula is C21H31N3O. The van der Waals surface area contributed by atoms with Gasteiger partial charge in [-0.2, -0.15) is 5.26 Å². The number of hydrogen-bond acceptors (Lipinski definition) is 3. The zero-order valence-corrected chi connectivity index (χ0v) is 16.0. The fraction of sp³-hybridized carbons (Fsp3) is 0.619. The molecule has 1 aliphatic rings. The lowest BCUT2D eigenvalue weighted by Crippen LogP contribution is -2.52. The van der Waals surface area contributed by atoms with Crippen molar-refractivity contribution in [1.29, 1.82) is 5.26 Å². The zero-order valence-electron chi connectivity index (χ0n) is 16.0. The molecule has 1 saturated heterocycles. The van der Waals surface area contributed by atoms with Gasteiger partial charge in [0.2, 0.25) is 5.91 Å². The van der Waals surface area contributed by atoms with Gasteiger partial charge in [0.05, 0.1) is 6.07 Å². The van der Waals surface area contributed by atoms with Crippen LogP contribution in [0.15, 0.2) is 24.3 Å². The van der Waals surface area contributed by atoms with Gasteiger partial charge in [-0.1, -0.05) is 52.0 Å². The SMILES string of the molecule is CC(C)c1ccc(CCC(=O)N2CCN(C(C#N)C(C)C)CC2)cc1. The van der Waals surface area contributed by atoms with Gasteiger partial charge in [-0.3, -0.25) is 9.69 Å². The smallest absolute Gasteiger partial charge is 0.222 e. The van der Waals surface area contributed by atoms with Crippen LogP contribution in [-0.2, 0) is 11.2 Å². The Morgan fingerprint density at radius 1 is 1.08 bits per heavy atom. The van der Waals surface area contributed by atoms with Crippen molar-refractivity contribution in [3.05, 3.63) is 35.4 Å². The summed E-state index contributed by atoms with van der Waals surface area (Å²) in [5, 5.41) is 9.32. The number of benzene rings is 1. The van der Waals surface area contributed by atoms with Crippen molar-refractivity contribution in [1.82, 2.24) is 9.80 Å². The summed E-state index contributed by atoms with van der Waals surface area (Å²) in [6, 6.07) is 11.0. The molecule has 1 heterocycles. The summed E-state index contributed by atoms with van der Waals surface area (Å²) in [5.41, 5.74) is 2.56. The van der Waals surface area contributed by atoms with Gasteiger partial charge in [-0.05, 0) is 29.4 Å². The molecule has 25 heavy (non-hydrogen) atoms. The molecule has 0 aliphatic carbocycles. The summed E-state index contributed by atoms with van der Waals surface area (Å²) in [6.45, 7) is 11.6. The van der Waals surface area contributed by atoms with Crippen LogP contribution in [-0.4, -0.2) is 47.9 Å². The number of nitrogens with zero attached hydrogens (tertiary/aromatic N) is 3. The molecule has 136 valence electrons. The van der Waals surface area contributed by atoms with E-state index in [1.165, 1.54) is 11.1 Å². The van der Waals surface area contributed by atoms with Gasteiger partial charge in [0.25, 0.3) is 0 Å². The van der Waals surface area contributed by atoms with Crippen LogP contribution in [0.2, 0.25) is 0 Å². The monoisotopic (exact) mass is 341 g/mol. The molecule has 0 saturated carbocycles. The first-order chi connectivity index (χ1) is 11.9. The largest absolute Gasteiger partial charge is 0.340 e. The van der Waals surface area contributed by atoms with E-state index >= 15 is 0 Å². The predicted octanol–water partition coefficient (Wildman–Crippen LogP) is 3.43. The molecule has 4 nitrogen and oxygen atoms in total. The van der Waals surface area contributed by atoms with Crippen LogP contribution in [0.25, 0.3) is 0 Å². The normalized spacial score (nSPS) is 16.9. The average Bonchev–Trinajstić information content (AvgIpc) is 2.61. The van der Waals surface area contributed by atoms with Crippen LogP contribution in [0.3, 0.4) is 0 Å². The summed E-state index contributed by atoms with van der Waals surface area (Å²) in [4.78, 5) is 16.6. The lowest BCUT2D eigenvalue weighted by molar-refractivity contribution is -0.133. The van der Waals surface area contributed by atoms with Crippen molar-refractivity contribution in [2.24, 2.45) is 5.92 Å². The fourth-order valence-electron chi connectivity index (χ4n) is 3.38. The molecular weight excluding hydrogens is 310 g/mol. The molecule has 2 rings (SSSR count). The molecule has 1 aromatic carbocycles. The van der Waals surface area contributed by atoms with E-state index < -0.39 is 0 Å². The van der Waals surface area contributed by atoms with Crippen LogP contribution in [0.5, 0.6) is 0 Å². The van der Waals surface area contributed by atoms with Crippen molar-refractivity contribution in [3.8, 4) is 6.07 Å². The second-order valence-electron chi connectivity index (χ2n) is 7.63. The lowest BCUT2D eigenvalue weighted by Gasteiger charge is -2.38. The molecule has 1 unspecified atom stereocenters. The van der Waals surface area contributed by atoms with E-state index in [1.807, 2.05) is 4.90 Å². The quantitative estimate of drug-likeness (QED) is 0.796. The number of carbonyl (C=O) groups is 1. The molecule has 0 bridgehead atoms. The third kappa shape index (κ3) is 5.31. The minimum absolute atomic E-state index is 0.0447. The summed E-state index contributed by atoms with van der Waals surface area (Å²) in [5.74, 6) is 1.08. The molecule has 0 N–H and O–H groups in total. The second-order valence-corrected chi connectivity index (χ2v) is 7.63. The molecule has 1 atom stereocenters. The highest BCUT2D eigenvalue weighted by molar-refractivity contribution is 5.76. The molecule has 0 spiro atoms. The Kier molecular flexibility index (Phi) is 7.01. The first-order valence-electron chi connectivity index (χ1n) is 9.42. The second kappa shape index (κ2) is 9.01. The maximum Gasteiger partial charge on any atom is 0.222 e. The van der Waals surface area contributed by atoms with Crippen molar-refractivity contribution in [2.45, 2.75) is 52.5 Å². The number of nitriles is 1. The number of aryl methyl sites for hydroxylation is 1. The third-order valence-electron chi connectivity index (χ3n) is 5.10. The summed E-state index contributed by atoms with van der Waals surface area (Å²) in [6.07, 6.45) is 1.36. The van der Waals surface area contributed by atoms with Gasteiger partial charge in [-0.15, -0.1) is 0 Å². The van der Waals surface area contributed by atoms with Crippen molar-refractivity contribution < 1.29 is 4.79 Å². The van der Waals surface area contributed by atoms with E-state index in [4.69, 9.17) is 0 Å². The molecule has 0 radical (unpaired) electrons. The lowest BCUT2D eigenvalue weighted by atomic mass is 10.00. The van der Waals surface area contributed by atoms with Gasteiger partial charge in [0, 0.05) is 32.6 Å². The van der Waals surface area contributed by atoms with Crippen molar-refractivity contribution in [2.75, 3.05) is 26.2 Å². The van der Waals surface area contributed by atoms with Crippen LogP contribution >= 0.6 is 0 Å². The summed E-state index contributed by atoms with van der Waals surface area (Å²) < 4.78 is 0. The highest BCUT2D eigenvalue weighted by Gasteiger charge is 2.27. The van der Waals surface area contributed by atoms with Gasteiger partial charge >= 0.3 is 0 Å². The van der Waals surface area contributed by atoms with Gasteiger partial charge in [-0.25, -0.2) is 0 Å². The van der Waals surface area contributed by atoms with Gasteiger partial charge < -0.3 is 4.90 Å². The van der Waals surface area contributed by atoms with Crippen molar-refractivity contribution in [3.63, 3.8) is 0 Å². The van der Waals surface area contributed by atoms with Gasteiger partial charge in [0.15, 0.2) is 0 Å². The van der Waals surface area contributed by atoms with Crippen LogP contribution in [0.4, 0.5) is 0 Å². The molecule has 0 aromatic heterocycles. The van der Waals surface area contributed by atoms with E-state index in [-0.39, 0.29) is 11.9 Å². The fourth-order valence-corrected chi connectivity index (χ4v) is 3.38. The Balaban J connectivity index is 1.80. The molecule has 1 aliphatic heterocycles. The van der Waals surface area contributed by atoms with Crippen LogP contribution in [0.1, 0.15) is 51.2 Å². The zero-order chi connectivity index (χ0) is 18.4. The molecule has 4 heteroatoms. The Labute approximate surface area is 152 Å². The molecule has 1 aromatic rings. The number of amides is 1. The molecule has 1 amide bonds. The highest BCUT2D eigenvalue weighted by Crippen LogP contribution is 2.17. The van der Waals surface area contributed by atoms with Crippen LogP contribution < -0.4 is 0 Å². The standard InChI is InChI=1S/C21H31N3O/c1-16(2)19-8-5-18(6-9-19)7-10-21(25)24-13-11-23(12-14-24)20(15-22)17(3)4/h5-6,8-9,16-17,20H,7,10-14H2,1-4H3. The van der Waals surface area contributed by atoms with Gasteiger partial charge in [0.1, 0.15) is 6.04 Å². The minimum Gasteiger partial charge on any atom is -0.340 e. The van der Waals surface area contributed by atoms with E-state index in [1.54, 1.807) is 0 Å². The Morgan fingerprint density at radius 2 is 1.68 bits per heavy atom. The van der Waals surface area contributed by atoms with Crippen LogP contribution in [0, 0.1) is 17.2 Å². The Hall–Kier alpha value is -1.86. The Morgan fingerprint density at radius 3 is 2.16 bits per heavy atom.